The summed E-state index contributed by atoms with van der Waals surface area (Å²) in [4.78, 5) is 27.2. The fourth-order valence-electron chi connectivity index (χ4n) is 4.05. The number of benzene rings is 2. The van der Waals surface area contributed by atoms with Crippen molar-refractivity contribution in [2.45, 2.75) is 57.8 Å². The van der Waals surface area contributed by atoms with Crippen LogP contribution in [-0.2, 0) is 19.6 Å². The summed E-state index contributed by atoms with van der Waals surface area (Å²) in [7, 11) is -3.59. The first-order valence-corrected chi connectivity index (χ1v) is 13.5. The lowest BCUT2D eigenvalue weighted by atomic mass is 10.1. The van der Waals surface area contributed by atoms with Crippen molar-refractivity contribution in [1.29, 1.82) is 0 Å². The number of anilines is 2. The number of nitrogens with zero attached hydrogens (tertiary/aromatic N) is 2. The Bertz CT molecular complexity index is 1090. The van der Waals surface area contributed by atoms with Crippen LogP contribution in [0.4, 0.5) is 11.4 Å². The number of unbranched alkanes of at least 4 members (excludes halogenated alkanes) is 2. The summed E-state index contributed by atoms with van der Waals surface area (Å²) in [5, 5.41) is 2.84. The second-order valence-corrected chi connectivity index (χ2v) is 10.8. The molecule has 1 aliphatic heterocycles. The van der Waals surface area contributed by atoms with E-state index in [9.17, 15) is 18.0 Å². The topological polar surface area (TPSA) is 86.8 Å². The molecule has 0 spiro atoms. The molecule has 3 rings (SSSR count). The van der Waals surface area contributed by atoms with E-state index in [-0.39, 0.29) is 23.1 Å². The van der Waals surface area contributed by atoms with Crippen molar-refractivity contribution in [1.82, 2.24) is 4.31 Å². The molecule has 0 aromatic heterocycles. The predicted molar refractivity (Wildman–Crippen MR) is 135 cm³/mol. The van der Waals surface area contributed by atoms with Gasteiger partial charge in [0, 0.05) is 37.4 Å². The van der Waals surface area contributed by atoms with Crippen molar-refractivity contribution in [3.8, 4) is 0 Å². The molecule has 0 bridgehead atoms. The van der Waals surface area contributed by atoms with Gasteiger partial charge in [0.15, 0.2) is 0 Å². The number of rotatable bonds is 11. The van der Waals surface area contributed by atoms with Crippen LogP contribution in [0.15, 0.2) is 53.4 Å². The van der Waals surface area contributed by atoms with Crippen LogP contribution in [-0.4, -0.2) is 44.2 Å². The van der Waals surface area contributed by atoms with E-state index in [1.165, 1.54) is 12.1 Å². The van der Waals surface area contributed by atoms with E-state index in [1.807, 2.05) is 45.0 Å². The second kappa shape index (κ2) is 11.6. The van der Waals surface area contributed by atoms with Crippen LogP contribution in [0.1, 0.15) is 51.5 Å². The number of sulfonamides is 1. The highest BCUT2D eigenvalue weighted by Crippen LogP contribution is 2.27. The molecule has 184 valence electrons. The average molecular weight is 486 g/mol. The van der Waals surface area contributed by atoms with Gasteiger partial charge in [-0.15, -0.1) is 0 Å². The van der Waals surface area contributed by atoms with Crippen LogP contribution in [0.2, 0.25) is 0 Å². The lowest BCUT2D eigenvalue weighted by molar-refractivity contribution is -0.122. The molecular formula is C26H35N3O4S. The van der Waals surface area contributed by atoms with E-state index in [0.717, 1.165) is 36.9 Å². The predicted octanol–water partition coefficient (Wildman–Crippen LogP) is 4.58. The number of carbonyl (C=O) groups is 2. The number of hydrogen-bond donors (Lipinski definition) is 1. The van der Waals surface area contributed by atoms with Gasteiger partial charge < -0.3 is 10.2 Å². The Labute approximate surface area is 203 Å². The zero-order valence-electron chi connectivity index (χ0n) is 20.3. The van der Waals surface area contributed by atoms with E-state index >= 15 is 0 Å². The molecule has 1 saturated heterocycles. The number of hydrogen-bond acceptors (Lipinski definition) is 4. The molecule has 1 N–H and O–H groups in total. The molecule has 2 aromatic rings. The fraction of sp³-hybridized carbons (Fsp3) is 0.462. The SMILES string of the molecule is CCCCN(CCCC)S(=O)(=O)c1ccc(NC(=O)C2CC(=O)N(c3cccc(C)c3)C2)cc1. The molecule has 1 atom stereocenters. The van der Waals surface area contributed by atoms with Crippen LogP contribution in [0, 0.1) is 12.8 Å². The minimum atomic E-state index is -3.59. The number of aryl methyl sites for hydroxylation is 1. The average Bonchev–Trinajstić information content (AvgIpc) is 3.21. The van der Waals surface area contributed by atoms with Gasteiger partial charge in [-0.2, -0.15) is 4.31 Å². The van der Waals surface area contributed by atoms with Crippen molar-refractivity contribution in [3.05, 3.63) is 54.1 Å². The molecule has 0 aliphatic carbocycles. The molecule has 34 heavy (non-hydrogen) atoms. The van der Waals surface area contributed by atoms with Crippen LogP contribution < -0.4 is 10.2 Å². The summed E-state index contributed by atoms with van der Waals surface area (Å²) < 4.78 is 27.8. The molecule has 0 saturated carbocycles. The maximum Gasteiger partial charge on any atom is 0.243 e. The molecule has 1 unspecified atom stereocenters. The second-order valence-electron chi connectivity index (χ2n) is 8.87. The van der Waals surface area contributed by atoms with Gasteiger partial charge in [-0.25, -0.2) is 8.42 Å². The quantitative estimate of drug-likeness (QED) is 0.505. The summed E-state index contributed by atoms with van der Waals surface area (Å²) in [6.07, 6.45) is 3.63. The minimum Gasteiger partial charge on any atom is -0.326 e. The third-order valence-corrected chi connectivity index (χ3v) is 8.00. The fourth-order valence-corrected chi connectivity index (χ4v) is 5.57. The normalized spacial score (nSPS) is 16.3. The van der Waals surface area contributed by atoms with Gasteiger partial charge >= 0.3 is 0 Å². The van der Waals surface area contributed by atoms with Crippen LogP contribution >= 0.6 is 0 Å². The standard InChI is InChI=1S/C26H35N3O4S/c1-4-6-15-28(16-7-5-2)34(32,33)24-13-11-22(12-14-24)27-26(31)21-18-25(30)29(19-21)23-10-8-9-20(3)17-23/h8-14,17,21H,4-7,15-16,18-19H2,1-3H3,(H,27,31). The van der Waals surface area contributed by atoms with Crippen LogP contribution in [0.25, 0.3) is 0 Å². The molecular weight excluding hydrogens is 450 g/mol. The zero-order chi connectivity index (χ0) is 24.7. The third kappa shape index (κ3) is 6.24. The first-order valence-electron chi connectivity index (χ1n) is 12.0. The van der Waals surface area contributed by atoms with Crippen LogP contribution in [0.5, 0.6) is 0 Å². The summed E-state index contributed by atoms with van der Waals surface area (Å²) in [6.45, 7) is 7.38. The molecule has 1 aliphatic rings. The highest BCUT2D eigenvalue weighted by molar-refractivity contribution is 7.89. The van der Waals surface area contributed by atoms with Crippen molar-refractivity contribution >= 4 is 33.2 Å². The molecule has 2 aromatic carbocycles. The lowest BCUT2D eigenvalue weighted by Crippen LogP contribution is -2.33. The third-order valence-electron chi connectivity index (χ3n) is 6.09. The van der Waals surface area contributed by atoms with E-state index in [0.29, 0.717) is 25.3 Å². The van der Waals surface area contributed by atoms with Crippen molar-refractivity contribution < 1.29 is 18.0 Å². The Balaban J connectivity index is 1.66. The summed E-state index contributed by atoms with van der Waals surface area (Å²) in [5.74, 6) is -0.784. The number of amides is 2. The Morgan fingerprint density at radius 2 is 1.71 bits per heavy atom. The van der Waals surface area contributed by atoms with Gasteiger partial charge in [-0.1, -0.05) is 38.8 Å². The van der Waals surface area contributed by atoms with E-state index in [2.05, 4.69) is 5.32 Å². The highest BCUT2D eigenvalue weighted by atomic mass is 32.2. The van der Waals surface area contributed by atoms with Gasteiger partial charge in [0.2, 0.25) is 21.8 Å². The zero-order valence-corrected chi connectivity index (χ0v) is 21.1. The Morgan fingerprint density at radius 1 is 1.06 bits per heavy atom. The Hall–Kier alpha value is -2.71. The minimum absolute atomic E-state index is 0.0774. The largest absolute Gasteiger partial charge is 0.326 e. The molecule has 1 heterocycles. The van der Waals surface area contributed by atoms with Crippen LogP contribution in [0.3, 0.4) is 0 Å². The van der Waals surface area contributed by atoms with Crippen molar-refractivity contribution in [2.75, 3.05) is 29.9 Å². The highest BCUT2D eigenvalue weighted by Gasteiger charge is 2.35. The molecule has 0 radical (unpaired) electrons. The first-order chi connectivity index (χ1) is 16.3. The monoisotopic (exact) mass is 485 g/mol. The summed E-state index contributed by atoms with van der Waals surface area (Å²) in [5.41, 5.74) is 2.36. The maximum atomic E-state index is 13.1. The van der Waals surface area contributed by atoms with Gasteiger partial charge in [0.05, 0.1) is 10.8 Å². The number of carbonyl (C=O) groups excluding carboxylic acids is 2. The van der Waals surface area contributed by atoms with Crippen molar-refractivity contribution in [3.63, 3.8) is 0 Å². The maximum absolute atomic E-state index is 13.1. The summed E-state index contributed by atoms with van der Waals surface area (Å²) in [6, 6.07) is 14.0. The molecule has 7 nitrogen and oxygen atoms in total. The molecule has 1 fully saturated rings. The number of nitrogens with one attached hydrogen (secondary N) is 1. The Morgan fingerprint density at radius 3 is 2.29 bits per heavy atom. The van der Waals surface area contributed by atoms with Gasteiger partial charge in [0.25, 0.3) is 0 Å². The molecule has 2 amide bonds. The Kier molecular flexibility index (Phi) is 8.85. The summed E-state index contributed by atoms with van der Waals surface area (Å²) >= 11 is 0. The molecule has 8 heteroatoms. The van der Waals surface area contributed by atoms with Gasteiger partial charge in [-0.3, -0.25) is 9.59 Å². The first kappa shape index (κ1) is 25.9. The van der Waals surface area contributed by atoms with E-state index in [1.54, 1.807) is 21.3 Å². The van der Waals surface area contributed by atoms with E-state index in [4.69, 9.17) is 0 Å². The smallest absolute Gasteiger partial charge is 0.243 e. The van der Waals surface area contributed by atoms with Crippen molar-refractivity contribution in [2.24, 2.45) is 5.92 Å². The van der Waals surface area contributed by atoms with E-state index < -0.39 is 15.9 Å². The van der Waals surface area contributed by atoms with Gasteiger partial charge in [-0.05, 0) is 61.7 Å². The van der Waals surface area contributed by atoms with Gasteiger partial charge in [0.1, 0.15) is 0 Å². The lowest BCUT2D eigenvalue weighted by Gasteiger charge is -2.22.